The summed E-state index contributed by atoms with van der Waals surface area (Å²) in [6.45, 7) is 10.1. The Balaban J connectivity index is 2.09. The number of hydrogen-bond acceptors (Lipinski definition) is 7. The smallest absolute Gasteiger partial charge is 0.269 e. The predicted octanol–water partition coefficient (Wildman–Crippen LogP) is 4.77. The van der Waals surface area contributed by atoms with Gasteiger partial charge >= 0.3 is 0 Å². The zero-order valence-corrected chi connectivity index (χ0v) is 22.6. The lowest BCUT2D eigenvalue weighted by molar-refractivity contribution is 0.112. The average molecular weight is 517 g/mol. The molecule has 188 valence electrons. The fraction of sp³-hybridized carbons (Fsp3) is 0.360. The van der Waals surface area contributed by atoms with E-state index in [9.17, 15) is 18.3 Å². The van der Waals surface area contributed by atoms with Crippen LogP contribution in [0.5, 0.6) is 0 Å². The number of aryl methyl sites for hydroxylation is 1. The fourth-order valence-corrected chi connectivity index (χ4v) is 5.79. The third kappa shape index (κ3) is 6.07. The van der Waals surface area contributed by atoms with Crippen molar-refractivity contribution in [2.75, 3.05) is 17.6 Å². The van der Waals surface area contributed by atoms with Crippen molar-refractivity contribution in [3.63, 3.8) is 0 Å². The van der Waals surface area contributed by atoms with Crippen molar-refractivity contribution in [2.24, 2.45) is 0 Å². The van der Waals surface area contributed by atoms with E-state index in [0.717, 1.165) is 10.3 Å². The molecule has 2 aromatic carbocycles. The lowest BCUT2D eigenvalue weighted by Gasteiger charge is -2.24. The van der Waals surface area contributed by atoms with Crippen molar-refractivity contribution in [1.82, 2.24) is 5.16 Å². The van der Waals surface area contributed by atoms with E-state index in [1.165, 1.54) is 6.07 Å². The highest BCUT2D eigenvalue weighted by atomic mass is 32.2. The first-order chi connectivity index (χ1) is 16.5. The molecule has 0 amide bonds. The van der Waals surface area contributed by atoms with Gasteiger partial charge in [0.05, 0.1) is 17.2 Å². The summed E-state index contributed by atoms with van der Waals surface area (Å²) in [5.41, 5.74) is 2.82. The summed E-state index contributed by atoms with van der Waals surface area (Å²) in [5, 5.41) is 13.4. The van der Waals surface area contributed by atoms with Crippen LogP contribution in [0.25, 0.3) is 11.1 Å². The van der Waals surface area contributed by atoms with Crippen molar-refractivity contribution in [2.45, 2.75) is 51.0 Å². The number of anilines is 1. The summed E-state index contributed by atoms with van der Waals surface area (Å²) in [6, 6.07) is 12.2. The number of ether oxygens (including phenoxy) is 1. The Bertz CT molecular complexity index is 1300. The summed E-state index contributed by atoms with van der Waals surface area (Å²) in [4.78, 5) is 11.8. The molecule has 10 heteroatoms. The Morgan fingerprint density at radius 2 is 1.83 bits per heavy atom. The van der Waals surface area contributed by atoms with Gasteiger partial charge in [-0.2, -0.15) is 0 Å². The number of aromatic nitrogens is 1. The standard InChI is InChI=1S/C25H32N2O6SSi/c1-18-19(2)26-33-25(18)27(17-32-12-13-35(3,4)5)34(30,31)24-9-7-6-8-23(24)22-11-10-20(15-28)14-21(22)16-29/h6-11,14,16,28H,12-13,15,17H2,1-5H3. The van der Waals surface area contributed by atoms with Crippen molar-refractivity contribution < 1.29 is 27.6 Å². The minimum absolute atomic E-state index is 0.00194. The third-order valence-corrected chi connectivity index (χ3v) is 9.20. The number of carbonyl (C=O) groups is 1. The molecule has 0 bridgehead atoms. The molecule has 0 aliphatic rings. The van der Waals surface area contributed by atoms with Crippen LogP contribution in [-0.4, -0.2) is 46.4 Å². The molecular formula is C25H32N2O6SSi. The van der Waals surface area contributed by atoms with Crippen LogP contribution in [0.2, 0.25) is 25.7 Å². The lowest BCUT2D eigenvalue weighted by Crippen LogP contribution is -2.34. The molecule has 0 saturated carbocycles. The van der Waals surface area contributed by atoms with Crippen LogP contribution in [0.3, 0.4) is 0 Å². The summed E-state index contributed by atoms with van der Waals surface area (Å²) >= 11 is 0. The molecule has 0 saturated heterocycles. The quantitative estimate of drug-likeness (QED) is 0.169. The number of benzene rings is 2. The second kappa shape index (κ2) is 10.9. The normalized spacial score (nSPS) is 12.1. The first-order valence-corrected chi connectivity index (χ1v) is 16.5. The van der Waals surface area contributed by atoms with Gasteiger partial charge in [0.15, 0.2) is 6.29 Å². The maximum absolute atomic E-state index is 14.0. The molecule has 35 heavy (non-hydrogen) atoms. The van der Waals surface area contributed by atoms with E-state index in [0.29, 0.717) is 40.8 Å². The monoisotopic (exact) mass is 516 g/mol. The number of carbonyl (C=O) groups excluding carboxylic acids is 1. The first kappa shape index (κ1) is 26.8. The molecule has 0 fully saturated rings. The predicted molar refractivity (Wildman–Crippen MR) is 138 cm³/mol. The Hall–Kier alpha value is -2.79. The number of nitrogens with zero attached hydrogens (tertiary/aromatic N) is 2. The van der Waals surface area contributed by atoms with Crippen LogP contribution in [0.15, 0.2) is 51.9 Å². The molecule has 0 radical (unpaired) electrons. The molecule has 3 rings (SSSR count). The summed E-state index contributed by atoms with van der Waals surface area (Å²) in [6.07, 6.45) is 0.652. The Labute approximate surface area is 207 Å². The number of aldehydes is 1. The minimum atomic E-state index is -4.18. The van der Waals surface area contributed by atoms with Crippen LogP contribution in [-0.2, 0) is 21.4 Å². The zero-order valence-electron chi connectivity index (χ0n) is 20.7. The van der Waals surface area contributed by atoms with E-state index in [1.807, 2.05) is 0 Å². The maximum Gasteiger partial charge on any atom is 0.269 e. The molecule has 8 nitrogen and oxygen atoms in total. The van der Waals surface area contributed by atoms with Gasteiger partial charge in [-0.05, 0) is 43.2 Å². The van der Waals surface area contributed by atoms with Gasteiger partial charge < -0.3 is 14.4 Å². The SMILES string of the molecule is Cc1noc(N(COCC[Si](C)(C)C)S(=O)(=O)c2ccccc2-c2ccc(CO)cc2C=O)c1C. The summed E-state index contributed by atoms with van der Waals surface area (Å²) in [7, 11) is -5.55. The van der Waals surface area contributed by atoms with Gasteiger partial charge in [0, 0.05) is 31.4 Å². The molecule has 1 N–H and O–H groups in total. The van der Waals surface area contributed by atoms with Crippen molar-refractivity contribution >= 4 is 30.3 Å². The van der Waals surface area contributed by atoms with Gasteiger partial charge in [0.25, 0.3) is 10.0 Å². The van der Waals surface area contributed by atoms with Crippen LogP contribution >= 0.6 is 0 Å². The van der Waals surface area contributed by atoms with Crippen molar-refractivity contribution in [1.29, 1.82) is 0 Å². The van der Waals surface area contributed by atoms with Crippen molar-refractivity contribution in [3.8, 4) is 11.1 Å². The van der Waals surface area contributed by atoms with Crippen LogP contribution in [0.1, 0.15) is 27.2 Å². The molecule has 0 unspecified atom stereocenters. The fourth-order valence-electron chi connectivity index (χ4n) is 3.49. The molecular weight excluding hydrogens is 484 g/mol. The van der Waals surface area contributed by atoms with Gasteiger partial charge in [-0.3, -0.25) is 4.79 Å². The van der Waals surface area contributed by atoms with Gasteiger partial charge in [-0.15, -0.1) is 0 Å². The highest BCUT2D eigenvalue weighted by Crippen LogP contribution is 2.35. The van der Waals surface area contributed by atoms with Gasteiger partial charge in [-0.1, -0.05) is 55.1 Å². The Morgan fingerprint density at radius 1 is 1.11 bits per heavy atom. The highest BCUT2D eigenvalue weighted by molar-refractivity contribution is 7.93. The molecule has 1 heterocycles. The van der Waals surface area contributed by atoms with E-state index in [-0.39, 0.29) is 29.7 Å². The largest absolute Gasteiger partial charge is 0.392 e. The van der Waals surface area contributed by atoms with E-state index >= 15 is 0 Å². The first-order valence-electron chi connectivity index (χ1n) is 11.3. The Kier molecular flexibility index (Phi) is 8.32. The second-order valence-electron chi connectivity index (χ2n) is 9.59. The topological polar surface area (TPSA) is 110 Å². The number of sulfonamides is 1. The highest BCUT2D eigenvalue weighted by Gasteiger charge is 2.32. The lowest BCUT2D eigenvalue weighted by atomic mass is 9.98. The van der Waals surface area contributed by atoms with Crippen molar-refractivity contribution in [3.05, 3.63) is 64.8 Å². The minimum Gasteiger partial charge on any atom is -0.392 e. The van der Waals surface area contributed by atoms with Gasteiger partial charge in [0.2, 0.25) is 5.88 Å². The summed E-state index contributed by atoms with van der Waals surface area (Å²) < 4.78 is 40.4. The average Bonchev–Trinajstić information content (AvgIpc) is 3.15. The maximum atomic E-state index is 14.0. The Morgan fingerprint density at radius 3 is 2.43 bits per heavy atom. The van der Waals surface area contributed by atoms with Crippen LogP contribution in [0.4, 0.5) is 5.88 Å². The zero-order chi connectivity index (χ0) is 25.8. The van der Waals surface area contributed by atoms with Gasteiger partial charge in [0.1, 0.15) is 6.73 Å². The molecule has 0 atom stereocenters. The molecule has 1 aromatic heterocycles. The number of rotatable bonds is 11. The molecule has 3 aromatic rings. The van der Waals surface area contributed by atoms with E-state index in [2.05, 4.69) is 24.8 Å². The number of aliphatic hydroxyl groups is 1. The number of aliphatic hydroxyl groups excluding tert-OH is 1. The van der Waals surface area contributed by atoms with E-state index in [4.69, 9.17) is 9.26 Å². The van der Waals surface area contributed by atoms with E-state index in [1.54, 1.807) is 50.2 Å². The van der Waals surface area contributed by atoms with Gasteiger partial charge in [-0.25, -0.2) is 12.7 Å². The van der Waals surface area contributed by atoms with Crippen LogP contribution in [0, 0.1) is 13.8 Å². The number of hydrogen-bond donors (Lipinski definition) is 1. The molecule has 0 aliphatic carbocycles. The molecule has 0 spiro atoms. The summed E-state index contributed by atoms with van der Waals surface area (Å²) in [5.74, 6) is 0.0940. The second-order valence-corrected chi connectivity index (χ2v) is 17.0. The third-order valence-electron chi connectivity index (χ3n) is 5.73. The van der Waals surface area contributed by atoms with E-state index < -0.39 is 18.1 Å². The van der Waals surface area contributed by atoms with Crippen LogP contribution < -0.4 is 4.31 Å². The molecule has 0 aliphatic heterocycles.